The highest BCUT2D eigenvalue weighted by atomic mass is 127. The SMILES string of the molecule is COc1c(I)cc(I)cc1/C=C1\C(=O)N(c2ccc(Cl)c(C(=O)O)c2)N=C1C. The van der Waals surface area contributed by atoms with Gasteiger partial charge in [-0.1, -0.05) is 11.6 Å². The summed E-state index contributed by atoms with van der Waals surface area (Å²) in [4.78, 5) is 24.3. The first-order chi connectivity index (χ1) is 13.2. The molecule has 0 atom stereocenters. The van der Waals surface area contributed by atoms with Crippen molar-refractivity contribution in [2.75, 3.05) is 12.1 Å². The van der Waals surface area contributed by atoms with Gasteiger partial charge in [-0.25, -0.2) is 4.79 Å². The van der Waals surface area contributed by atoms with Crippen LogP contribution in [0.5, 0.6) is 5.75 Å². The number of ether oxygens (including phenoxy) is 1. The molecule has 3 rings (SSSR count). The lowest BCUT2D eigenvalue weighted by molar-refractivity contribution is -0.114. The Labute approximate surface area is 193 Å². The van der Waals surface area contributed by atoms with Crippen molar-refractivity contribution in [3.05, 3.63) is 59.2 Å². The highest BCUT2D eigenvalue weighted by Gasteiger charge is 2.30. The maximum atomic E-state index is 13.0. The molecule has 0 aliphatic carbocycles. The summed E-state index contributed by atoms with van der Waals surface area (Å²) < 4.78 is 7.42. The Morgan fingerprint density at radius 2 is 2.00 bits per heavy atom. The van der Waals surface area contributed by atoms with E-state index in [1.54, 1.807) is 26.2 Å². The van der Waals surface area contributed by atoms with Gasteiger partial charge in [0.1, 0.15) is 5.75 Å². The van der Waals surface area contributed by atoms with E-state index in [0.717, 1.165) is 12.7 Å². The molecule has 1 aliphatic heterocycles. The summed E-state index contributed by atoms with van der Waals surface area (Å²) in [5.74, 6) is -0.854. The van der Waals surface area contributed by atoms with Crippen molar-refractivity contribution in [3.8, 4) is 5.75 Å². The second kappa shape index (κ2) is 8.37. The van der Waals surface area contributed by atoms with Crippen LogP contribution in [0, 0.1) is 7.14 Å². The summed E-state index contributed by atoms with van der Waals surface area (Å²) in [6.45, 7) is 1.73. The van der Waals surface area contributed by atoms with Crippen LogP contribution in [-0.2, 0) is 4.79 Å². The van der Waals surface area contributed by atoms with Crippen molar-refractivity contribution in [1.29, 1.82) is 0 Å². The Morgan fingerprint density at radius 3 is 2.64 bits per heavy atom. The van der Waals surface area contributed by atoms with E-state index in [0.29, 0.717) is 22.7 Å². The van der Waals surface area contributed by atoms with E-state index < -0.39 is 5.97 Å². The number of amides is 1. The highest BCUT2D eigenvalue weighted by Crippen LogP contribution is 2.33. The Bertz CT molecular complexity index is 1070. The van der Waals surface area contributed by atoms with Crippen LogP contribution in [0.25, 0.3) is 6.08 Å². The predicted octanol–water partition coefficient (Wildman–Crippen LogP) is 5.06. The number of carboxylic acid groups (broad SMARTS) is 1. The molecule has 1 heterocycles. The fourth-order valence-electron chi connectivity index (χ4n) is 2.73. The van der Waals surface area contributed by atoms with Gasteiger partial charge in [0.25, 0.3) is 5.91 Å². The number of halogens is 3. The zero-order chi connectivity index (χ0) is 20.6. The predicted molar refractivity (Wildman–Crippen MR) is 125 cm³/mol. The molecule has 0 radical (unpaired) electrons. The molecule has 0 unspecified atom stereocenters. The summed E-state index contributed by atoms with van der Waals surface area (Å²) in [5.41, 5.74) is 1.93. The Morgan fingerprint density at radius 1 is 1.29 bits per heavy atom. The molecule has 0 bridgehead atoms. The molecule has 28 heavy (non-hydrogen) atoms. The quantitative estimate of drug-likeness (QED) is 0.382. The first kappa shape index (κ1) is 21.1. The van der Waals surface area contributed by atoms with Gasteiger partial charge in [-0.2, -0.15) is 10.1 Å². The van der Waals surface area contributed by atoms with E-state index in [2.05, 4.69) is 50.3 Å². The topological polar surface area (TPSA) is 79.2 Å². The molecule has 1 N–H and O–H groups in total. The van der Waals surface area contributed by atoms with Crippen molar-refractivity contribution >= 4 is 86.1 Å². The number of benzene rings is 2. The number of carboxylic acids is 1. The maximum absolute atomic E-state index is 13.0. The lowest BCUT2D eigenvalue weighted by Gasteiger charge is -2.13. The number of rotatable bonds is 4. The number of hydrogen-bond donors (Lipinski definition) is 1. The van der Waals surface area contributed by atoms with Gasteiger partial charge >= 0.3 is 5.97 Å². The van der Waals surface area contributed by atoms with Gasteiger partial charge < -0.3 is 9.84 Å². The Hall–Kier alpha value is -1.66. The van der Waals surface area contributed by atoms with Crippen LogP contribution in [-0.4, -0.2) is 29.8 Å². The molecule has 9 heteroatoms. The number of methoxy groups -OCH3 is 1. The Balaban J connectivity index is 2.04. The van der Waals surface area contributed by atoms with Gasteiger partial charge in [-0.15, -0.1) is 0 Å². The molecular formula is C19H13ClI2N2O4. The van der Waals surface area contributed by atoms with E-state index in [-0.39, 0.29) is 16.5 Å². The number of carbonyl (C=O) groups is 2. The Kier molecular flexibility index (Phi) is 6.30. The van der Waals surface area contributed by atoms with Gasteiger partial charge in [-0.3, -0.25) is 4.79 Å². The molecule has 0 fully saturated rings. The number of carbonyl (C=O) groups excluding carboxylic acids is 1. The minimum absolute atomic E-state index is 0.0916. The van der Waals surface area contributed by atoms with E-state index in [1.165, 1.54) is 17.1 Å². The minimum Gasteiger partial charge on any atom is -0.495 e. The van der Waals surface area contributed by atoms with E-state index in [4.69, 9.17) is 16.3 Å². The van der Waals surface area contributed by atoms with Crippen molar-refractivity contribution < 1.29 is 19.4 Å². The van der Waals surface area contributed by atoms with Gasteiger partial charge in [0.05, 0.1) is 38.2 Å². The smallest absolute Gasteiger partial charge is 0.337 e. The summed E-state index contributed by atoms with van der Waals surface area (Å²) in [6, 6.07) is 8.22. The molecule has 0 saturated heterocycles. The summed E-state index contributed by atoms with van der Waals surface area (Å²) in [6.07, 6.45) is 1.73. The molecular weight excluding hydrogens is 609 g/mol. The van der Waals surface area contributed by atoms with Crippen LogP contribution in [0.1, 0.15) is 22.8 Å². The van der Waals surface area contributed by atoms with Gasteiger partial charge in [0.15, 0.2) is 0 Å². The summed E-state index contributed by atoms with van der Waals surface area (Å²) >= 11 is 10.3. The van der Waals surface area contributed by atoms with Gasteiger partial charge in [-0.05, 0) is 88.5 Å². The van der Waals surface area contributed by atoms with Crippen LogP contribution in [0.2, 0.25) is 5.02 Å². The average molecular weight is 623 g/mol. The monoisotopic (exact) mass is 622 g/mol. The van der Waals surface area contributed by atoms with Crippen LogP contribution in [0.4, 0.5) is 5.69 Å². The molecule has 0 saturated carbocycles. The number of anilines is 1. The maximum Gasteiger partial charge on any atom is 0.337 e. The number of hydrogen-bond acceptors (Lipinski definition) is 4. The van der Waals surface area contributed by atoms with Crippen LogP contribution in [0.15, 0.2) is 41.0 Å². The van der Waals surface area contributed by atoms with Crippen LogP contribution >= 0.6 is 56.8 Å². The zero-order valence-electron chi connectivity index (χ0n) is 14.7. The lowest BCUT2D eigenvalue weighted by Crippen LogP contribution is -2.21. The molecule has 1 aliphatic rings. The van der Waals surface area contributed by atoms with Crippen molar-refractivity contribution in [2.24, 2.45) is 5.10 Å². The minimum atomic E-state index is -1.17. The third-order valence-corrected chi connectivity index (χ3v) is 5.78. The highest BCUT2D eigenvalue weighted by molar-refractivity contribution is 14.1. The third kappa shape index (κ3) is 4.03. The van der Waals surface area contributed by atoms with E-state index in [1.807, 2.05) is 12.1 Å². The van der Waals surface area contributed by atoms with Crippen molar-refractivity contribution in [2.45, 2.75) is 6.92 Å². The molecule has 0 spiro atoms. The van der Waals surface area contributed by atoms with Gasteiger partial charge in [0, 0.05) is 9.13 Å². The standard InChI is InChI=1S/C19H13ClI2N2O4/c1-9-13(6-10-5-11(21)7-16(22)17(10)28-2)18(25)24(23-9)12-3-4-15(20)14(8-12)19(26)27/h3-8H,1-2H3,(H,26,27)/b13-6-. The summed E-state index contributed by atoms with van der Waals surface area (Å²) in [5, 5.41) is 14.8. The fraction of sp³-hybridized carbons (Fsp3) is 0.105. The largest absolute Gasteiger partial charge is 0.495 e. The zero-order valence-corrected chi connectivity index (χ0v) is 19.7. The van der Waals surface area contributed by atoms with Gasteiger partial charge in [0.2, 0.25) is 0 Å². The first-order valence-corrected chi connectivity index (χ1v) is 10.4. The van der Waals surface area contributed by atoms with E-state index in [9.17, 15) is 14.7 Å². The molecule has 2 aromatic carbocycles. The summed E-state index contributed by atoms with van der Waals surface area (Å²) in [7, 11) is 1.58. The van der Waals surface area contributed by atoms with Crippen molar-refractivity contribution in [1.82, 2.24) is 0 Å². The lowest BCUT2D eigenvalue weighted by atomic mass is 10.1. The molecule has 144 valence electrons. The number of aromatic carboxylic acids is 1. The third-order valence-electron chi connectivity index (χ3n) is 4.03. The average Bonchev–Trinajstić information content (AvgIpc) is 2.90. The molecule has 2 aromatic rings. The number of nitrogens with zero attached hydrogens (tertiary/aromatic N) is 2. The second-order valence-corrected chi connectivity index (χ2v) is 8.65. The number of hydrazone groups is 1. The molecule has 1 amide bonds. The van der Waals surface area contributed by atoms with Crippen LogP contribution in [0.3, 0.4) is 0 Å². The van der Waals surface area contributed by atoms with E-state index >= 15 is 0 Å². The van der Waals surface area contributed by atoms with Crippen molar-refractivity contribution in [3.63, 3.8) is 0 Å². The normalized spacial score (nSPS) is 15.2. The molecule has 6 nitrogen and oxygen atoms in total. The first-order valence-electron chi connectivity index (χ1n) is 7.90. The molecule has 0 aromatic heterocycles. The fourth-order valence-corrected chi connectivity index (χ4v) is 5.03. The van der Waals surface area contributed by atoms with Crippen LogP contribution < -0.4 is 9.75 Å². The second-order valence-electron chi connectivity index (χ2n) is 5.84.